The van der Waals surface area contributed by atoms with Crippen molar-refractivity contribution in [2.75, 3.05) is 20.8 Å². The first-order chi connectivity index (χ1) is 19.6. The van der Waals surface area contributed by atoms with Crippen LogP contribution in [0.15, 0.2) is 48.5 Å². The van der Waals surface area contributed by atoms with Crippen molar-refractivity contribution in [1.82, 2.24) is 4.90 Å². The average molecular weight is 562 g/mol. The van der Waals surface area contributed by atoms with Gasteiger partial charge in [0.1, 0.15) is 11.5 Å². The maximum atomic E-state index is 14.2. The van der Waals surface area contributed by atoms with E-state index in [4.69, 9.17) is 9.47 Å². The normalized spacial score (nSPS) is 25.0. The summed E-state index contributed by atoms with van der Waals surface area (Å²) < 4.78 is 11.0. The molecule has 2 saturated carbocycles. The minimum absolute atomic E-state index is 0.0482. The summed E-state index contributed by atoms with van der Waals surface area (Å²) in [6, 6.07) is 17.0. The van der Waals surface area contributed by atoms with E-state index in [2.05, 4.69) is 75.9 Å². The van der Waals surface area contributed by atoms with E-state index in [1.165, 1.54) is 43.2 Å². The highest BCUT2D eigenvalue weighted by molar-refractivity contribution is 5.79. The van der Waals surface area contributed by atoms with Gasteiger partial charge in [0.05, 0.1) is 14.2 Å². The van der Waals surface area contributed by atoms with Crippen LogP contribution in [0.1, 0.15) is 104 Å². The third-order valence-electron chi connectivity index (χ3n) is 11.0. The summed E-state index contributed by atoms with van der Waals surface area (Å²) in [7, 11) is 3.46. The Hall–Kier alpha value is -2.49. The molecule has 0 N–H and O–H groups in total. The zero-order valence-corrected chi connectivity index (χ0v) is 26.9. The molecule has 2 aromatic carbocycles. The lowest BCUT2D eigenvalue weighted by Crippen LogP contribution is -2.47. The number of nitrogens with zero attached hydrogens (tertiary/aromatic N) is 1. The van der Waals surface area contributed by atoms with Crippen molar-refractivity contribution in [3.05, 3.63) is 59.7 Å². The van der Waals surface area contributed by atoms with Crippen LogP contribution in [0.4, 0.5) is 0 Å². The fraction of sp³-hybridized carbons (Fsp3) is 0.649. The summed E-state index contributed by atoms with van der Waals surface area (Å²) in [5, 5.41) is 0. The predicted octanol–water partition coefficient (Wildman–Crippen LogP) is 9.06. The van der Waals surface area contributed by atoms with Crippen LogP contribution in [-0.2, 0) is 16.8 Å². The molecule has 3 atom stereocenters. The number of hydrogen-bond acceptors (Lipinski definition) is 3. The molecule has 226 valence electrons. The molecule has 0 heterocycles. The first-order valence-electron chi connectivity index (χ1n) is 16.2. The Bertz CT molecular complexity index is 1110. The van der Waals surface area contributed by atoms with E-state index >= 15 is 0 Å². The third kappa shape index (κ3) is 7.48. The Kier molecular flexibility index (Phi) is 10.5. The molecule has 4 nitrogen and oxygen atoms in total. The lowest BCUT2D eigenvalue weighted by molar-refractivity contribution is -0.140. The number of ether oxygens (including phenoxy) is 2. The smallest absolute Gasteiger partial charge is 0.225 e. The lowest BCUT2D eigenvalue weighted by Gasteiger charge is -2.48. The van der Waals surface area contributed by atoms with Gasteiger partial charge < -0.3 is 14.4 Å². The molecule has 41 heavy (non-hydrogen) atoms. The molecule has 2 aromatic rings. The molecule has 0 saturated heterocycles. The number of carbonyl (C=O) groups is 1. The number of hydrogen-bond donors (Lipinski definition) is 0. The molecule has 0 radical (unpaired) electrons. The van der Waals surface area contributed by atoms with Crippen molar-refractivity contribution >= 4 is 5.91 Å². The van der Waals surface area contributed by atoms with Crippen molar-refractivity contribution in [3.63, 3.8) is 0 Å². The van der Waals surface area contributed by atoms with Crippen LogP contribution in [0.25, 0.3) is 0 Å². The van der Waals surface area contributed by atoms with Crippen LogP contribution in [0.2, 0.25) is 0 Å². The van der Waals surface area contributed by atoms with Crippen LogP contribution in [-0.4, -0.2) is 31.6 Å². The highest BCUT2D eigenvalue weighted by atomic mass is 16.5. The van der Waals surface area contributed by atoms with Gasteiger partial charge in [-0.25, -0.2) is 0 Å². The molecule has 0 aromatic heterocycles. The first kappa shape index (κ1) is 31.4. The van der Waals surface area contributed by atoms with Crippen molar-refractivity contribution in [2.45, 2.75) is 104 Å². The topological polar surface area (TPSA) is 38.8 Å². The minimum Gasteiger partial charge on any atom is -0.497 e. The fourth-order valence-electron chi connectivity index (χ4n) is 7.38. The van der Waals surface area contributed by atoms with Crippen molar-refractivity contribution in [3.8, 4) is 11.5 Å². The number of methoxy groups -OCH3 is 2. The van der Waals surface area contributed by atoms with Crippen LogP contribution < -0.4 is 9.47 Å². The zero-order valence-electron chi connectivity index (χ0n) is 26.9. The summed E-state index contributed by atoms with van der Waals surface area (Å²) in [4.78, 5) is 16.4. The van der Waals surface area contributed by atoms with Gasteiger partial charge in [0.2, 0.25) is 5.91 Å². The second-order valence-corrected chi connectivity index (χ2v) is 13.9. The molecule has 2 fully saturated rings. The fourth-order valence-corrected chi connectivity index (χ4v) is 7.38. The van der Waals surface area contributed by atoms with Crippen molar-refractivity contribution in [1.29, 1.82) is 0 Å². The molecule has 0 aliphatic heterocycles. The second-order valence-electron chi connectivity index (χ2n) is 13.9. The molecule has 3 unspecified atom stereocenters. The standard InChI is InChI=1S/C37H55NO3/c1-8-27(2)24-37(32-13-10-14-34(23-32)41-7)21-19-36(5,20-22-37)26-38(25-30-15-17-33(40-6)18-16-30)35(39)29(4)28(3)31-11-9-12-31/h10,13-18,23,27-29,31H,8-9,11-12,19-22,24-26H2,1-7H3. The van der Waals surface area contributed by atoms with E-state index in [-0.39, 0.29) is 16.7 Å². The van der Waals surface area contributed by atoms with E-state index in [1.54, 1.807) is 14.2 Å². The van der Waals surface area contributed by atoms with Gasteiger partial charge in [-0.15, -0.1) is 0 Å². The van der Waals surface area contributed by atoms with E-state index in [0.29, 0.717) is 30.2 Å². The average Bonchev–Trinajstić information content (AvgIpc) is 2.96. The molecule has 2 aliphatic rings. The van der Waals surface area contributed by atoms with Crippen LogP contribution in [0.3, 0.4) is 0 Å². The molecular weight excluding hydrogens is 506 g/mol. The largest absolute Gasteiger partial charge is 0.497 e. The lowest BCUT2D eigenvalue weighted by atomic mass is 9.59. The quantitative estimate of drug-likeness (QED) is 0.245. The Balaban J connectivity index is 1.55. The van der Waals surface area contributed by atoms with E-state index < -0.39 is 0 Å². The number of carbonyl (C=O) groups excluding carboxylic acids is 1. The van der Waals surface area contributed by atoms with Crippen LogP contribution in [0, 0.1) is 29.1 Å². The van der Waals surface area contributed by atoms with Gasteiger partial charge in [-0.05, 0) is 96.1 Å². The number of amides is 1. The summed E-state index contributed by atoms with van der Waals surface area (Å²) in [6.07, 6.45) is 10.8. The van der Waals surface area contributed by atoms with Crippen LogP contribution in [0.5, 0.6) is 11.5 Å². The van der Waals surface area contributed by atoms with Gasteiger partial charge in [0.15, 0.2) is 0 Å². The molecule has 0 bridgehead atoms. The Morgan fingerprint density at radius 2 is 1.61 bits per heavy atom. The monoisotopic (exact) mass is 561 g/mol. The Morgan fingerprint density at radius 1 is 0.951 bits per heavy atom. The van der Waals surface area contributed by atoms with Crippen molar-refractivity contribution < 1.29 is 14.3 Å². The van der Waals surface area contributed by atoms with E-state index in [0.717, 1.165) is 43.7 Å². The molecule has 0 spiro atoms. The zero-order chi connectivity index (χ0) is 29.6. The first-order valence-corrected chi connectivity index (χ1v) is 16.2. The highest BCUT2D eigenvalue weighted by Gasteiger charge is 2.44. The number of rotatable bonds is 13. The third-order valence-corrected chi connectivity index (χ3v) is 11.0. The minimum atomic E-state index is 0.0482. The molecule has 1 amide bonds. The molecule has 4 rings (SSSR count). The van der Waals surface area contributed by atoms with Gasteiger partial charge in [-0.1, -0.05) is 84.6 Å². The van der Waals surface area contributed by atoms with Gasteiger partial charge in [0, 0.05) is 19.0 Å². The molecular formula is C37H55NO3. The number of benzene rings is 2. The van der Waals surface area contributed by atoms with Gasteiger partial charge in [0.25, 0.3) is 0 Å². The summed E-state index contributed by atoms with van der Waals surface area (Å²) in [5.74, 6) is 3.99. The second kappa shape index (κ2) is 13.7. The molecule has 2 aliphatic carbocycles. The highest BCUT2D eigenvalue weighted by Crippen LogP contribution is 2.51. The van der Waals surface area contributed by atoms with Crippen molar-refractivity contribution in [2.24, 2.45) is 29.1 Å². The predicted molar refractivity (Wildman–Crippen MR) is 169 cm³/mol. The maximum Gasteiger partial charge on any atom is 0.225 e. The van der Waals surface area contributed by atoms with E-state index in [9.17, 15) is 4.79 Å². The Labute approximate surface area is 250 Å². The summed E-state index contributed by atoms with van der Waals surface area (Å²) in [6.45, 7) is 13.1. The van der Waals surface area contributed by atoms with Gasteiger partial charge >= 0.3 is 0 Å². The summed E-state index contributed by atoms with van der Waals surface area (Å²) in [5.41, 5.74) is 2.86. The maximum absolute atomic E-state index is 14.2. The SMILES string of the molecule is CCC(C)CC1(c2cccc(OC)c2)CCC(C)(CN(Cc2ccc(OC)cc2)C(=O)C(C)C(C)C2CCC2)CC1. The van der Waals surface area contributed by atoms with Gasteiger partial charge in [-0.3, -0.25) is 4.79 Å². The van der Waals surface area contributed by atoms with Crippen LogP contribution >= 0.6 is 0 Å². The Morgan fingerprint density at radius 3 is 2.17 bits per heavy atom. The summed E-state index contributed by atoms with van der Waals surface area (Å²) >= 11 is 0. The van der Waals surface area contributed by atoms with Gasteiger partial charge in [-0.2, -0.15) is 0 Å². The molecule has 4 heteroatoms. The van der Waals surface area contributed by atoms with E-state index in [1.807, 2.05) is 12.1 Å².